The van der Waals surface area contributed by atoms with E-state index in [1.54, 1.807) is 19.4 Å². The third-order valence-electron chi connectivity index (χ3n) is 10.8. The number of hydrogen-bond donors (Lipinski definition) is 1. The Hall–Kier alpha value is -1.74. The predicted octanol–water partition coefficient (Wildman–Crippen LogP) is 3.18. The van der Waals surface area contributed by atoms with E-state index in [0.29, 0.717) is 12.0 Å². The van der Waals surface area contributed by atoms with Crippen molar-refractivity contribution >= 4 is 11.8 Å². The molecule has 2 saturated carbocycles. The Morgan fingerprint density at radius 1 is 1.09 bits per heavy atom. The fraction of sp³-hybridized carbons (Fsp3) is 0.769. The van der Waals surface area contributed by atoms with Gasteiger partial charge in [-0.15, -0.1) is 0 Å². The number of aliphatic hydroxyl groups is 1. The van der Waals surface area contributed by atoms with Crippen LogP contribution in [0.3, 0.4) is 0 Å². The van der Waals surface area contributed by atoms with Gasteiger partial charge in [0, 0.05) is 41.8 Å². The van der Waals surface area contributed by atoms with E-state index < -0.39 is 63.4 Å². The van der Waals surface area contributed by atoms with Crippen molar-refractivity contribution in [3.63, 3.8) is 0 Å². The smallest absolute Gasteiger partial charge is 0.339 e. The first-order valence-corrected chi connectivity index (χ1v) is 12.1. The van der Waals surface area contributed by atoms with Crippen LogP contribution in [0.2, 0.25) is 0 Å². The SMILES string of the molecule is CO[C@@]1(C)OC(C)(C)[C@@H]2CC(=O)[C@]3(C)C([C@@H](O)C[C@@]4(C)[C@H](c5ccoc5)OC(=O)[C@H]5O[C@]543)[C@]21C. The molecule has 1 spiro atoms. The van der Waals surface area contributed by atoms with E-state index in [-0.39, 0.29) is 18.1 Å². The molecule has 8 heteroatoms. The zero-order chi connectivity index (χ0) is 24.7. The molecule has 5 aliphatic rings. The van der Waals surface area contributed by atoms with E-state index in [2.05, 4.69) is 6.92 Å². The first kappa shape index (κ1) is 22.7. The number of methoxy groups -OCH3 is 1. The summed E-state index contributed by atoms with van der Waals surface area (Å²) in [4.78, 5) is 27.4. The number of furan rings is 1. The molecule has 6 rings (SSSR count). The Morgan fingerprint density at radius 2 is 1.79 bits per heavy atom. The lowest BCUT2D eigenvalue weighted by molar-refractivity contribution is -0.299. The maximum absolute atomic E-state index is 14.2. The molecule has 2 aliphatic carbocycles. The highest BCUT2D eigenvalue weighted by atomic mass is 16.7. The lowest BCUT2D eigenvalue weighted by Gasteiger charge is -2.66. The van der Waals surface area contributed by atoms with Gasteiger partial charge in [0.05, 0.1) is 29.6 Å². The van der Waals surface area contributed by atoms with Gasteiger partial charge in [0.1, 0.15) is 17.5 Å². The molecule has 34 heavy (non-hydrogen) atoms. The van der Waals surface area contributed by atoms with Crippen molar-refractivity contribution in [3.8, 4) is 0 Å². The number of carbonyl (C=O) groups excluding carboxylic acids is 2. The molecular weight excluding hydrogens is 440 g/mol. The van der Waals surface area contributed by atoms with Crippen LogP contribution in [0.5, 0.6) is 0 Å². The fourth-order valence-electron chi connectivity index (χ4n) is 9.30. The van der Waals surface area contributed by atoms with Gasteiger partial charge >= 0.3 is 5.97 Å². The van der Waals surface area contributed by atoms with Crippen LogP contribution in [-0.2, 0) is 28.5 Å². The Morgan fingerprint density at radius 3 is 2.41 bits per heavy atom. The van der Waals surface area contributed by atoms with Gasteiger partial charge in [-0.05, 0) is 40.2 Å². The lowest BCUT2D eigenvalue weighted by atomic mass is 9.36. The highest BCUT2D eigenvalue weighted by Gasteiger charge is 2.91. The summed E-state index contributed by atoms with van der Waals surface area (Å²) < 4.78 is 30.0. The summed E-state index contributed by atoms with van der Waals surface area (Å²) in [5.74, 6) is -2.25. The zero-order valence-corrected chi connectivity index (χ0v) is 20.8. The topological polar surface area (TPSA) is 108 Å². The molecule has 0 amide bonds. The number of esters is 1. The number of ketones is 1. The second kappa shape index (κ2) is 6.14. The molecule has 1 aromatic heterocycles. The molecule has 5 fully saturated rings. The molecule has 1 aromatic rings. The summed E-state index contributed by atoms with van der Waals surface area (Å²) in [6.07, 6.45) is 1.20. The minimum Gasteiger partial charge on any atom is -0.472 e. The maximum Gasteiger partial charge on any atom is 0.339 e. The summed E-state index contributed by atoms with van der Waals surface area (Å²) in [5, 5.41) is 11.9. The van der Waals surface area contributed by atoms with Gasteiger partial charge in [0.25, 0.3) is 0 Å². The van der Waals surface area contributed by atoms with E-state index in [1.165, 1.54) is 6.26 Å². The number of epoxide rings is 1. The third kappa shape index (κ3) is 2.09. The van der Waals surface area contributed by atoms with Gasteiger partial charge < -0.3 is 28.5 Å². The number of Topliss-reactive ketones (excluding diaryl/α,β-unsaturated/α-hetero) is 1. The number of aliphatic hydroxyl groups excluding tert-OH is 1. The molecule has 0 radical (unpaired) electrons. The minimum atomic E-state index is -1.15. The van der Waals surface area contributed by atoms with Crippen LogP contribution in [-0.4, -0.2) is 53.2 Å². The second-order valence-corrected chi connectivity index (χ2v) is 12.3. The zero-order valence-electron chi connectivity index (χ0n) is 20.8. The molecule has 0 aromatic carbocycles. The van der Waals surface area contributed by atoms with Gasteiger partial charge in [-0.2, -0.15) is 0 Å². The first-order valence-electron chi connectivity index (χ1n) is 12.1. The second-order valence-electron chi connectivity index (χ2n) is 12.3. The van der Waals surface area contributed by atoms with Crippen molar-refractivity contribution in [2.75, 3.05) is 7.11 Å². The summed E-state index contributed by atoms with van der Waals surface area (Å²) in [6, 6.07) is 1.76. The minimum absolute atomic E-state index is 0.00915. The van der Waals surface area contributed by atoms with Crippen LogP contribution in [0.4, 0.5) is 0 Å². The molecular formula is C26H34O8. The van der Waals surface area contributed by atoms with Crippen molar-refractivity contribution in [3.05, 3.63) is 24.2 Å². The van der Waals surface area contributed by atoms with E-state index in [9.17, 15) is 14.7 Å². The number of fused-ring (bicyclic) bond motifs is 3. The van der Waals surface area contributed by atoms with Crippen molar-refractivity contribution in [2.24, 2.45) is 28.1 Å². The number of carbonyl (C=O) groups is 2. The molecule has 3 saturated heterocycles. The Kier molecular flexibility index (Phi) is 4.10. The van der Waals surface area contributed by atoms with Crippen molar-refractivity contribution in [2.45, 2.75) is 89.7 Å². The van der Waals surface area contributed by atoms with Crippen LogP contribution in [0.1, 0.15) is 66.1 Å². The van der Waals surface area contributed by atoms with E-state index in [0.717, 1.165) is 0 Å². The highest BCUT2D eigenvalue weighted by molar-refractivity contribution is 5.93. The van der Waals surface area contributed by atoms with Gasteiger partial charge in [-0.1, -0.05) is 13.8 Å². The van der Waals surface area contributed by atoms with E-state index in [1.807, 2.05) is 34.6 Å². The quantitative estimate of drug-likeness (QED) is 0.514. The highest BCUT2D eigenvalue weighted by Crippen LogP contribution is 2.80. The summed E-state index contributed by atoms with van der Waals surface area (Å²) in [6.45, 7) is 11.8. The van der Waals surface area contributed by atoms with Crippen LogP contribution < -0.4 is 0 Å². The first-order chi connectivity index (χ1) is 15.7. The normalized spacial score (nSPS) is 55.0. The van der Waals surface area contributed by atoms with Crippen molar-refractivity contribution < 1.29 is 38.1 Å². The van der Waals surface area contributed by atoms with Gasteiger partial charge in [0.2, 0.25) is 0 Å². The number of hydrogen-bond acceptors (Lipinski definition) is 8. The van der Waals surface area contributed by atoms with Crippen LogP contribution in [0.25, 0.3) is 0 Å². The van der Waals surface area contributed by atoms with E-state index in [4.69, 9.17) is 23.4 Å². The van der Waals surface area contributed by atoms with Crippen LogP contribution >= 0.6 is 0 Å². The van der Waals surface area contributed by atoms with Crippen molar-refractivity contribution in [1.82, 2.24) is 0 Å². The summed E-state index contributed by atoms with van der Waals surface area (Å²) in [7, 11) is 1.61. The van der Waals surface area contributed by atoms with Gasteiger partial charge in [-0.25, -0.2) is 4.79 Å². The predicted molar refractivity (Wildman–Crippen MR) is 117 cm³/mol. The van der Waals surface area contributed by atoms with E-state index >= 15 is 0 Å². The van der Waals surface area contributed by atoms with Crippen LogP contribution in [0.15, 0.2) is 23.0 Å². The summed E-state index contributed by atoms with van der Waals surface area (Å²) >= 11 is 0. The Balaban J connectivity index is 1.58. The van der Waals surface area contributed by atoms with Gasteiger partial charge in [-0.3, -0.25) is 4.79 Å². The molecule has 1 N–H and O–H groups in total. The average Bonchev–Trinajstić information content (AvgIpc) is 3.28. The fourth-order valence-corrected chi connectivity index (χ4v) is 9.30. The molecule has 4 heterocycles. The van der Waals surface area contributed by atoms with Crippen LogP contribution in [0, 0.1) is 28.1 Å². The molecule has 1 unspecified atom stereocenters. The Bertz CT molecular complexity index is 1080. The number of cyclic esters (lactones) is 1. The maximum atomic E-state index is 14.2. The molecule has 186 valence electrons. The molecule has 8 nitrogen and oxygen atoms in total. The third-order valence-corrected chi connectivity index (χ3v) is 10.8. The molecule has 3 aliphatic heterocycles. The summed E-state index contributed by atoms with van der Waals surface area (Å²) in [5.41, 5.74) is -3.75. The monoisotopic (exact) mass is 474 g/mol. The largest absolute Gasteiger partial charge is 0.472 e. The average molecular weight is 475 g/mol. The molecule has 10 atom stereocenters. The lowest BCUT2D eigenvalue weighted by Crippen LogP contribution is -2.75. The Labute approximate surface area is 199 Å². The number of rotatable bonds is 2. The van der Waals surface area contributed by atoms with Gasteiger partial charge in [0.15, 0.2) is 11.9 Å². The van der Waals surface area contributed by atoms with Crippen molar-refractivity contribution in [1.29, 1.82) is 0 Å². The standard InChI is InChI=1S/C26H34O8/c1-21(2)15-10-16(28)24(5)17(23(15,4)25(6,30-7)34-21)14(27)11-22(3)18(13-8-9-31-12-13)32-20(29)19-26(22,24)33-19/h8-9,12,14-15,17-19,27H,10-11H2,1-7H3/t14-,15-,17?,18-,19+,22-,23-,24+,25-,26+/m0/s1. The molecule has 0 bridgehead atoms. The number of ether oxygens (including phenoxy) is 4.